The maximum atomic E-state index is 14.0. The van der Waals surface area contributed by atoms with E-state index < -0.39 is 11.7 Å². The fourth-order valence-corrected chi connectivity index (χ4v) is 4.01. The molecule has 3 N–H and O–H groups in total. The summed E-state index contributed by atoms with van der Waals surface area (Å²) in [6.07, 6.45) is 0. The van der Waals surface area contributed by atoms with Crippen LogP contribution in [0.3, 0.4) is 0 Å². The van der Waals surface area contributed by atoms with Crippen LogP contribution in [0.2, 0.25) is 5.02 Å². The zero-order valence-electron chi connectivity index (χ0n) is 15.2. The summed E-state index contributed by atoms with van der Waals surface area (Å²) in [5.74, 6) is -0.369. The first kappa shape index (κ1) is 19.2. The van der Waals surface area contributed by atoms with Crippen LogP contribution in [0, 0.1) is 5.82 Å². The number of halogens is 2. The number of rotatable bonds is 4. The molecular weight excluding hydrogens is 413 g/mol. The van der Waals surface area contributed by atoms with Crippen molar-refractivity contribution in [1.29, 1.82) is 0 Å². The topological polar surface area (TPSA) is 77.2 Å². The van der Waals surface area contributed by atoms with Gasteiger partial charge in [0.05, 0.1) is 24.2 Å². The van der Waals surface area contributed by atoms with Crippen molar-refractivity contribution in [2.45, 2.75) is 0 Å². The summed E-state index contributed by atoms with van der Waals surface area (Å²) in [5.41, 5.74) is 8.16. The Morgan fingerprint density at radius 2 is 1.93 bits per heavy atom. The van der Waals surface area contributed by atoms with E-state index in [1.165, 1.54) is 12.1 Å². The number of nitrogens with one attached hydrogen (secondary N) is 1. The monoisotopic (exact) mass is 427 g/mol. The number of benzene rings is 2. The number of hydrogen-bond acceptors (Lipinski definition) is 5. The van der Waals surface area contributed by atoms with E-state index in [-0.39, 0.29) is 15.6 Å². The Bertz CT molecular complexity index is 1220. The van der Waals surface area contributed by atoms with E-state index in [1.54, 1.807) is 7.11 Å². The number of nitrogens with two attached hydrogens (primary N) is 1. The number of anilines is 2. The Balaban J connectivity index is 1.66. The van der Waals surface area contributed by atoms with E-state index in [9.17, 15) is 9.18 Å². The molecule has 0 spiro atoms. The van der Waals surface area contributed by atoms with Crippen LogP contribution in [-0.4, -0.2) is 18.0 Å². The fourth-order valence-electron chi connectivity index (χ4n) is 2.86. The van der Waals surface area contributed by atoms with Gasteiger partial charge in [-0.2, -0.15) is 0 Å². The van der Waals surface area contributed by atoms with Crippen molar-refractivity contribution in [1.82, 2.24) is 4.98 Å². The van der Waals surface area contributed by atoms with Crippen LogP contribution < -0.4 is 15.8 Å². The molecule has 0 aliphatic carbocycles. The zero-order valence-corrected chi connectivity index (χ0v) is 16.8. The van der Waals surface area contributed by atoms with Crippen LogP contribution in [0.25, 0.3) is 21.5 Å². The number of methoxy groups -OCH3 is 1. The normalized spacial score (nSPS) is 10.9. The quantitative estimate of drug-likeness (QED) is 0.444. The molecule has 29 heavy (non-hydrogen) atoms. The molecule has 0 atom stereocenters. The number of carbonyl (C=O) groups is 1. The van der Waals surface area contributed by atoms with E-state index in [1.807, 2.05) is 36.4 Å². The number of carbonyl (C=O) groups excluding carboxylic acids is 1. The Kier molecular flexibility index (Phi) is 5.08. The van der Waals surface area contributed by atoms with Gasteiger partial charge in [-0.15, -0.1) is 11.3 Å². The lowest BCUT2D eigenvalue weighted by Gasteiger charge is -2.05. The fraction of sp³-hybridized carbons (Fsp3) is 0.0476. The average Bonchev–Trinajstić information content (AvgIpc) is 3.06. The van der Waals surface area contributed by atoms with Crippen molar-refractivity contribution < 1.29 is 13.9 Å². The second-order valence-corrected chi connectivity index (χ2v) is 7.64. The summed E-state index contributed by atoms with van der Waals surface area (Å²) in [6, 6.07) is 15.2. The van der Waals surface area contributed by atoms with Crippen molar-refractivity contribution in [3.05, 3.63) is 70.3 Å². The minimum Gasteiger partial charge on any atom is -0.497 e. The van der Waals surface area contributed by atoms with Gasteiger partial charge in [-0.1, -0.05) is 11.6 Å². The van der Waals surface area contributed by atoms with Crippen LogP contribution >= 0.6 is 22.9 Å². The molecule has 4 aromatic rings. The molecule has 0 saturated carbocycles. The molecule has 2 aromatic carbocycles. The Labute approximate surface area is 174 Å². The van der Waals surface area contributed by atoms with Gasteiger partial charge in [0.25, 0.3) is 5.91 Å². The number of amides is 1. The molecule has 146 valence electrons. The number of nitrogen functional groups attached to an aromatic ring is 1. The van der Waals surface area contributed by atoms with Gasteiger partial charge in [-0.05, 0) is 54.6 Å². The van der Waals surface area contributed by atoms with E-state index in [0.29, 0.717) is 15.9 Å². The highest BCUT2D eigenvalue weighted by atomic mass is 35.5. The van der Waals surface area contributed by atoms with E-state index in [0.717, 1.165) is 34.4 Å². The van der Waals surface area contributed by atoms with Crippen molar-refractivity contribution >= 4 is 50.4 Å². The number of nitrogens with zero attached hydrogens (tertiary/aromatic N) is 1. The van der Waals surface area contributed by atoms with Crippen LogP contribution in [0.4, 0.5) is 15.8 Å². The lowest BCUT2D eigenvalue weighted by Crippen LogP contribution is -2.13. The van der Waals surface area contributed by atoms with Crippen LogP contribution in [0.15, 0.2) is 54.6 Å². The van der Waals surface area contributed by atoms with Gasteiger partial charge in [-0.3, -0.25) is 4.79 Å². The summed E-state index contributed by atoms with van der Waals surface area (Å²) in [4.78, 5) is 18.2. The predicted octanol–water partition coefficient (Wildman–Crippen LogP) is 5.60. The smallest absolute Gasteiger partial charge is 0.268 e. The third-order valence-corrected chi connectivity index (χ3v) is 5.71. The highest BCUT2D eigenvalue weighted by Gasteiger charge is 2.19. The summed E-state index contributed by atoms with van der Waals surface area (Å²) >= 11 is 6.90. The third-order valence-electron chi connectivity index (χ3n) is 4.37. The Hall–Kier alpha value is -3.16. The molecule has 1 amide bonds. The van der Waals surface area contributed by atoms with E-state index in [2.05, 4.69) is 10.3 Å². The largest absolute Gasteiger partial charge is 0.497 e. The maximum absolute atomic E-state index is 14.0. The highest BCUT2D eigenvalue weighted by Crippen LogP contribution is 2.35. The molecule has 0 fully saturated rings. The SMILES string of the molecule is COc1ccc(-c2ccc3c(N)c(C(=O)Nc4ccc(Cl)cc4F)sc3n2)cc1. The summed E-state index contributed by atoms with van der Waals surface area (Å²) in [7, 11) is 1.61. The lowest BCUT2D eigenvalue weighted by atomic mass is 10.1. The molecule has 4 rings (SSSR count). The van der Waals surface area contributed by atoms with Gasteiger partial charge in [-0.25, -0.2) is 9.37 Å². The molecule has 0 saturated heterocycles. The van der Waals surface area contributed by atoms with Gasteiger partial charge in [0, 0.05) is 16.0 Å². The minimum atomic E-state index is -0.620. The molecule has 0 aliphatic rings. The zero-order chi connectivity index (χ0) is 20.5. The van der Waals surface area contributed by atoms with Crippen LogP contribution in [0.1, 0.15) is 9.67 Å². The number of ether oxygens (including phenoxy) is 1. The van der Waals surface area contributed by atoms with Gasteiger partial charge in [0.15, 0.2) is 0 Å². The average molecular weight is 428 g/mol. The number of pyridine rings is 1. The highest BCUT2D eigenvalue weighted by molar-refractivity contribution is 7.21. The lowest BCUT2D eigenvalue weighted by molar-refractivity contribution is 0.103. The van der Waals surface area contributed by atoms with E-state index >= 15 is 0 Å². The summed E-state index contributed by atoms with van der Waals surface area (Å²) < 4.78 is 19.1. The standard InChI is InChI=1S/C21H15ClFN3O2S/c1-28-13-5-2-11(3-6-13)16-9-7-14-18(24)19(29-21(14)26-16)20(27)25-17-8-4-12(22)10-15(17)23/h2-10H,24H2,1H3,(H,25,27). The number of fused-ring (bicyclic) bond motifs is 1. The molecule has 5 nitrogen and oxygen atoms in total. The first-order chi connectivity index (χ1) is 14.0. The molecular formula is C21H15ClFN3O2S. The number of hydrogen-bond donors (Lipinski definition) is 2. The van der Waals surface area contributed by atoms with Gasteiger partial charge in [0.1, 0.15) is 21.3 Å². The predicted molar refractivity (Wildman–Crippen MR) is 115 cm³/mol. The van der Waals surface area contributed by atoms with Crippen molar-refractivity contribution in [2.75, 3.05) is 18.2 Å². The van der Waals surface area contributed by atoms with Crippen LogP contribution in [-0.2, 0) is 0 Å². The molecule has 2 aromatic heterocycles. The molecule has 0 radical (unpaired) electrons. The third kappa shape index (κ3) is 3.74. The minimum absolute atomic E-state index is 0.0307. The van der Waals surface area contributed by atoms with Crippen molar-refractivity contribution in [3.63, 3.8) is 0 Å². The van der Waals surface area contributed by atoms with Gasteiger partial charge in [0.2, 0.25) is 0 Å². The molecule has 0 bridgehead atoms. The molecule has 8 heteroatoms. The summed E-state index contributed by atoms with van der Waals surface area (Å²) in [6.45, 7) is 0. The molecule has 0 unspecified atom stereocenters. The first-order valence-electron chi connectivity index (χ1n) is 8.56. The number of aromatic nitrogens is 1. The van der Waals surface area contributed by atoms with Gasteiger partial charge < -0.3 is 15.8 Å². The van der Waals surface area contributed by atoms with Gasteiger partial charge >= 0.3 is 0 Å². The number of thiophene rings is 1. The molecule has 2 heterocycles. The van der Waals surface area contributed by atoms with E-state index in [4.69, 9.17) is 22.1 Å². The molecule has 0 aliphatic heterocycles. The second-order valence-electron chi connectivity index (χ2n) is 6.20. The maximum Gasteiger partial charge on any atom is 0.268 e. The Morgan fingerprint density at radius 1 is 1.17 bits per heavy atom. The first-order valence-corrected chi connectivity index (χ1v) is 9.75. The Morgan fingerprint density at radius 3 is 2.62 bits per heavy atom. The van der Waals surface area contributed by atoms with Crippen LogP contribution in [0.5, 0.6) is 5.75 Å². The second kappa shape index (κ2) is 7.69. The summed E-state index contributed by atoms with van der Waals surface area (Å²) in [5, 5.41) is 3.45. The van der Waals surface area contributed by atoms with Crippen molar-refractivity contribution in [3.8, 4) is 17.0 Å². The van der Waals surface area contributed by atoms with Crippen molar-refractivity contribution in [2.24, 2.45) is 0 Å².